The number of benzene rings is 1. The van der Waals surface area contributed by atoms with Crippen molar-refractivity contribution in [3.05, 3.63) is 34.9 Å². The Morgan fingerprint density at radius 2 is 1.93 bits per heavy atom. The summed E-state index contributed by atoms with van der Waals surface area (Å²) in [4.78, 5) is 0. The average Bonchev–Trinajstić information content (AvgIpc) is 2.29. The molecule has 0 spiro atoms. The quantitative estimate of drug-likeness (QED) is 0.811. The summed E-state index contributed by atoms with van der Waals surface area (Å²) in [6.45, 7) is 2.68. The fraction of sp³-hybridized carbons (Fsp3) is 0.500. The van der Waals surface area contributed by atoms with Gasteiger partial charge in [0.1, 0.15) is 0 Å². The number of rotatable bonds is 5. The van der Waals surface area contributed by atoms with Crippen LogP contribution < -0.4 is 5.73 Å². The summed E-state index contributed by atoms with van der Waals surface area (Å²) >= 11 is 5.81. The first-order chi connectivity index (χ1) is 7.15. The van der Waals surface area contributed by atoms with Crippen LogP contribution in [0.1, 0.15) is 18.9 Å². The second-order valence-corrected chi connectivity index (χ2v) is 4.46. The van der Waals surface area contributed by atoms with Gasteiger partial charge >= 0.3 is 0 Å². The highest BCUT2D eigenvalue weighted by Gasteiger charge is 2.25. The van der Waals surface area contributed by atoms with E-state index >= 15 is 0 Å². The first-order valence-corrected chi connectivity index (χ1v) is 5.59. The second kappa shape index (κ2) is 5.50. The maximum atomic E-state index is 9.39. The number of hydrogen-bond donors (Lipinski definition) is 2. The van der Waals surface area contributed by atoms with Gasteiger partial charge in [-0.2, -0.15) is 0 Å². The summed E-state index contributed by atoms with van der Waals surface area (Å²) in [5.74, 6) is 0. The average molecular weight is 228 g/mol. The van der Waals surface area contributed by atoms with E-state index in [1.165, 1.54) is 5.56 Å². The highest BCUT2D eigenvalue weighted by molar-refractivity contribution is 6.30. The predicted octanol–water partition coefficient (Wildman–Crippen LogP) is 2.23. The van der Waals surface area contributed by atoms with E-state index in [2.05, 4.69) is 6.92 Å². The molecule has 3 heteroatoms. The molecule has 0 aromatic heterocycles. The van der Waals surface area contributed by atoms with Crippen molar-refractivity contribution in [3.63, 3.8) is 0 Å². The Morgan fingerprint density at radius 3 is 2.33 bits per heavy atom. The van der Waals surface area contributed by atoms with E-state index < -0.39 is 0 Å². The SMILES string of the molecule is CCC(CN)(CO)Cc1ccc(Cl)cc1. The summed E-state index contributed by atoms with van der Waals surface area (Å²) in [5, 5.41) is 10.1. The molecule has 0 heterocycles. The minimum atomic E-state index is -0.187. The van der Waals surface area contributed by atoms with E-state index in [4.69, 9.17) is 17.3 Å². The fourth-order valence-electron chi connectivity index (χ4n) is 1.61. The zero-order valence-electron chi connectivity index (χ0n) is 9.04. The van der Waals surface area contributed by atoms with E-state index in [0.717, 1.165) is 17.9 Å². The fourth-order valence-corrected chi connectivity index (χ4v) is 1.74. The zero-order chi connectivity index (χ0) is 11.3. The van der Waals surface area contributed by atoms with Gasteiger partial charge in [0, 0.05) is 17.0 Å². The van der Waals surface area contributed by atoms with Crippen molar-refractivity contribution in [2.75, 3.05) is 13.2 Å². The Morgan fingerprint density at radius 1 is 1.33 bits per heavy atom. The zero-order valence-corrected chi connectivity index (χ0v) is 9.80. The van der Waals surface area contributed by atoms with Gasteiger partial charge in [-0.15, -0.1) is 0 Å². The monoisotopic (exact) mass is 227 g/mol. The van der Waals surface area contributed by atoms with Gasteiger partial charge in [0.2, 0.25) is 0 Å². The van der Waals surface area contributed by atoms with E-state index in [1.807, 2.05) is 24.3 Å². The molecule has 0 bridgehead atoms. The summed E-state index contributed by atoms with van der Waals surface area (Å²) in [5.41, 5.74) is 6.70. The largest absolute Gasteiger partial charge is 0.396 e. The van der Waals surface area contributed by atoms with Crippen molar-refractivity contribution in [1.29, 1.82) is 0 Å². The van der Waals surface area contributed by atoms with Gasteiger partial charge in [-0.1, -0.05) is 30.7 Å². The van der Waals surface area contributed by atoms with Gasteiger partial charge in [-0.3, -0.25) is 0 Å². The molecule has 0 saturated heterocycles. The molecule has 0 radical (unpaired) electrons. The standard InChI is InChI=1S/C12H18ClNO/c1-2-12(8-14,9-15)7-10-3-5-11(13)6-4-10/h3-6,15H,2,7-9,14H2,1H3. The Balaban J connectivity index is 2.78. The van der Waals surface area contributed by atoms with Crippen LogP contribution in [0.15, 0.2) is 24.3 Å². The van der Waals surface area contributed by atoms with Crippen LogP contribution in [0.5, 0.6) is 0 Å². The molecule has 15 heavy (non-hydrogen) atoms. The van der Waals surface area contributed by atoms with Crippen LogP contribution >= 0.6 is 11.6 Å². The molecule has 1 rings (SSSR count). The molecule has 0 aliphatic heterocycles. The van der Waals surface area contributed by atoms with Crippen molar-refractivity contribution in [2.24, 2.45) is 11.1 Å². The number of aliphatic hydroxyl groups excluding tert-OH is 1. The lowest BCUT2D eigenvalue weighted by Crippen LogP contribution is -2.35. The summed E-state index contributed by atoms with van der Waals surface area (Å²) in [6.07, 6.45) is 1.68. The lowest BCUT2D eigenvalue weighted by molar-refractivity contribution is 0.127. The highest BCUT2D eigenvalue weighted by atomic mass is 35.5. The summed E-state index contributed by atoms with van der Waals surface area (Å²) in [6, 6.07) is 7.70. The van der Waals surface area contributed by atoms with Crippen molar-refractivity contribution in [3.8, 4) is 0 Å². The van der Waals surface area contributed by atoms with E-state index in [0.29, 0.717) is 6.54 Å². The molecule has 1 aromatic rings. The van der Waals surface area contributed by atoms with Crippen LogP contribution in [0.2, 0.25) is 5.02 Å². The Labute approximate surface area is 96.1 Å². The number of nitrogens with two attached hydrogens (primary N) is 1. The summed E-state index contributed by atoms with van der Waals surface area (Å²) < 4.78 is 0. The molecule has 0 aliphatic carbocycles. The molecule has 0 amide bonds. The molecule has 3 N–H and O–H groups in total. The van der Waals surface area contributed by atoms with Crippen molar-refractivity contribution in [2.45, 2.75) is 19.8 Å². The number of aliphatic hydroxyl groups is 1. The van der Waals surface area contributed by atoms with Crippen LogP contribution in [-0.4, -0.2) is 18.3 Å². The molecule has 1 atom stereocenters. The molecule has 2 nitrogen and oxygen atoms in total. The number of hydrogen-bond acceptors (Lipinski definition) is 2. The molecule has 0 aliphatic rings. The van der Waals surface area contributed by atoms with Crippen molar-refractivity contribution >= 4 is 11.6 Å². The Bertz CT molecular complexity index is 285. The van der Waals surface area contributed by atoms with Gasteiger partial charge in [-0.25, -0.2) is 0 Å². The van der Waals surface area contributed by atoms with E-state index in [9.17, 15) is 5.11 Å². The molecule has 84 valence electrons. The molecule has 0 saturated carbocycles. The molecular formula is C12H18ClNO. The maximum absolute atomic E-state index is 9.39. The smallest absolute Gasteiger partial charge is 0.0502 e. The molecule has 1 unspecified atom stereocenters. The number of halogens is 1. The molecule has 0 fully saturated rings. The first kappa shape index (κ1) is 12.5. The minimum Gasteiger partial charge on any atom is -0.396 e. The normalized spacial score (nSPS) is 14.9. The van der Waals surface area contributed by atoms with Crippen LogP contribution in [-0.2, 0) is 6.42 Å². The van der Waals surface area contributed by atoms with Gasteiger partial charge in [0.15, 0.2) is 0 Å². The third-order valence-corrected chi connectivity index (χ3v) is 3.26. The van der Waals surface area contributed by atoms with Gasteiger partial charge in [-0.05, 0) is 30.5 Å². The third kappa shape index (κ3) is 3.20. The molecular weight excluding hydrogens is 210 g/mol. The van der Waals surface area contributed by atoms with Gasteiger partial charge in [0.25, 0.3) is 0 Å². The van der Waals surface area contributed by atoms with Gasteiger partial charge < -0.3 is 10.8 Å². The lowest BCUT2D eigenvalue weighted by Gasteiger charge is -2.29. The highest BCUT2D eigenvalue weighted by Crippen LogP contribution is 2.25. The maximum Gasteiger partial charge on any atom is 0.0502 e. The minimum absolute atomic E-state index is 0.128. The third-order valence-electron chi connectivity index (χ3n) is 3.01. The van der Waals surface area contributed by atoms with Crippen LogP contribution in [0, 0.1) is 5.41 Å². The second-order valence-electron chi connectivity index (χ2n) is 4.02. The predicted molar refractivity (Wildman–Crippen MR) is 64.0 cm³/mol. The first-order valence-electron chi connectivity index (χ1n) is 5.21. The summed E-state index contributed by atoms with van der Waals surface area (Å²) in [7, 11) is 0. The van der Waals surface area contributed by atoms with E-state index in [-0.39, 0.29) is 12.0 Å². The lowest BCUT2D eigenvalue weighted by atomic mass is 9.80. The van der Waals surface area contributed by atoms with Crippen LogP contribution in [0.25, 0.3) is 0 Å². The van der Waals surface area contributed by atoms with Crippen LogP contribution in [0.4, 0.5) is 0 Å². The van der Waals surface area contributed by atoms with Crippen LogP contribution in [0.3, 0.4) is 0 Å². The van der Waals surface area contributed by atoms with Crippen molar-refractivity contribution in [1.82, 2.24) is 0 Å². The van der Waals surface area contributed by atoms with Gasteiger partial charge in [0.05, 0.1) is 6.61 Å². The van der Waals surface area contributed by atoms with Crippen molar-refractivity contribution < 1.29 is 5.11 Å². The molecule has 1 aromatic carbocycles. The topological polar surface area (TPSA) is 46.2 Å². The Kier molecular flexibility index (Phi) is 4.58. The van der Waals surface area contributed by atoms with E-state index in [1.54, 1.807) is 0 Å². The Hall–Kier alpha value is -0.570.